The Hall–Kier alpha value is -0.730. The van der Waals surface area contributed by atoms with Gasteiger partial charge in [-0.3, -0.25) is 0 Å². The van der Waals surface area contributed by atoms with Crippen LogP contribution in [0.4, 0.5) is 0 Å². The van der Waals surface area contributed by atoms with Crippen molar-refractivity contribution in [2.75, 3.05) is 13.2 Å². The van der Waals surface area contributed by atoms with Crippen molar-refractivity contribution in [1.82, 2.24) is 0 Å². The van der Waals surface area contributed by atoms with Crippen LogP contribution >= 0.6 is 0 Å². The predicted octanol–water partition coefficient (Wildman–Crippen LogP) is 2.11. The Morgan fingerprint density at radius 1 is 1.55 bits per heavy atom. The molecule has 1 fully saturated rings. The van der Waals surface area contributed by atoms with E-state index >= 15 is 0 Å². The second-order valence-corrected chi connectivity index (χ2v) is 2.90. The minimum absolute atomic E-state index is 0.129. The van der Waals surface area contributed by atoms with Crippen LogP contribution in [0.5, 0.6) is 0 Å². The number of rotatable bonds is 2. The summed E-state index contributed by atoms with van der Waals surface area (Å²) in [5.41, 5.74) is 8.19. The normalized spacial score (nSPS) is 22.3. The maximum absolute atomic E-state index is 8.19. The van der Waals surface area contributed by atoms with Gasteiger partial charge in [0.05, 0.1) is 0 Å². The van der Waals surface area contributed by atoms with E-state index in [1.54, 1.807) is 0 Å². The highest BCUT2D eigenvalue weighted by molar-refractivity contribution is 4.74. The van der Waals surface area contributed by atoms with E-state index in [9.17, 15) is 0 Å². The fraction of sp³-hybridized carbons (Fsp3) is 1.00. The van der Waals surface area contributed by atoms with E-state index in [0.717, 1.165) is 26.1 Å². The molecule has 1 rings (SSSR count). The molecule has 0 unspecified atom stereocenters. The van der Waals surface area contributed by atoms with Crippen LogP contribution in [-0.2, 0) is 4.74 Å². The fourth-order valence-corrected chi connectivity index (χ4v) is 1.37. The molecule has 0 aromatic heterocycles. The topological polar surface area (TPSA) is 58.0 Å². The highest BCUT2D eigenvalue weighted by Gasteiger charge is 2.18. The van der Waals surface area contributed by atoms with Crippen molar-refractivity contribution in [2.24, 2.45) is 11.0 Å². The molecule has 0 spiro atoms. The van der Waals surface area contributed by atoms with Crippen molar-refractivity contribution >= 4 is 0 Å². The van der Waals surface area contributed by atoms with Gasteiger partial charge in [0.1, 0.15) is 0 Å². The zero-order valence-corrected chi connectivity index (χ0v) is 6.73. The van der Waals surface area contributed by atoms with Gasteiger partial charge >= 0.3 is 0 Å². The zero-order chi connectivity index (χ0) is 8.10. The molecule has 1 heterocycles. The molecule has 0 N–H and O–H groups in total. The first-order valence-corrected chi connectivity index (χ1v) is 3.96. The molecule has 0 saturated carbocycles. The van der Waals surface area contributed by atoms with E-state index in [0.29, 0.717) is 5.92 Å². The van der Waals surface area contributed by atoms with Crippen molar-refractivity contribution in [3.63, 3.8) is 0 Å². The van der Waals surface area contributed by atoms with Gasteiger partial charge in [-0.05, 0) is 24.3 Å². The Balaban J connectivity index is 2.38. The molecule has 1 aliphatic heterocycles. The molecule has 11 heavy (non-hydrogen) atoms. The van der Waals surface area contributed by atoms with Crippen LogP contribution < -0.4 is 0 Å². The van der Waals surface area contributed by atoms with Crippen molar-refractivity contribution in [3.8, 4) is 0 Å². The molecule has 4 heteroatoms. The summed E-state index contributed by atoms with van der Waals surface area (Å²) in [4.78, 5) is 2.79. The lowest BCUT2D eigenvalue weighted by atomic mass is 9.94. The molecule has 0 bridgehead atoms. The third-order valence-corrected chi connectivity index (χ3v) is 2.18. The van der Waals surface area contributed by atoms with Crippen LogP contribution in [0.3, 0.4) is 0 Å². The van der Waals surface area contributed by atoms with Gasteiger partial charge in [-0.1, -0.05) is 12.0 Å². The Kier molecular flexibility index (Phi) is 3.20. The lowest BCUT2D eigenvalue weighted by Crippen LogP contribution is -2.23. The first-order chi connectivity index (χ1) is 5.34. The van der Waals surface area contributed by atoms with Gasteiger partial charge in [0.2, 0.25) is 0 Å². The number of nitrogens with zero attached hydrogens (tertiary/aromatic N) is 3. The van der Waals surface area contributed by atoms with E-state index in [1.165, 1.54) is 0 Å². The first-order valence-electron chi connectivity index (χ1n) is 3.96. The van der Waals surface area contributed by atoms with Gasteiger partial charge in [-0.2, -0.15) is 0 Å². The van der Waals surface area contributed by atoms with Crippen LogP contribution in [0.2, 0.25) is 0 Å². The molecule has 0 radical (unpaired) electrons. The maximum atomic E-state index is 8.19. The molecular formula is C7H13N3O. The molecule has 1 atom stereocenters. The van der Waals surface area contributed by atoms with Crippen molar-refractivity contribution < 1.29 is 4.74 Å². The molecular weight excluding hydrogens is 142 g/mol. The molecule has 1 aliphatic rings. The average molecular weight is 155 g/mol. The fourth-order valence-electron chi connectivity index (χ4n) is 1.37. The predicted molar refractivity (Wildman–Crippen MR) is 42.2 cm³/mol. The van der Waals surface area contributed by atoms with Gasteiger partial charge in [-0.25, -0.2) is 0 Å². The van der Waals surface area contributed by atoms with Crippen LogP contribution in [0.15, 0.2) is 5.11 Å². The molecule has 62 valence electrons. The molecule has 0 aromatic carbocycles. The minimum Gasteiger partial charge on any atom is -0.381 e. The summed E-state index contributed by atoms with van der Waals surface area (Å²) in [7, 11) is 0. The van der Waals surface area contributed by atoms with Crippen LogP contribution in [0.1, 0.15) is 19.8 Å². The van der Waals surface area contributed by atoms with Crippen molar-refractivity contribution in [3.05, 3.63) is 10.4 Å². The van der Waals surface area contributed by atoms with E-state index < -0.39 is 0 Å². The van der Waals surface area contributed by atoms with E-state index in [2.05, 4.69) is 10.0 Å². The third-order valence-electron chi connectivity index (χ3n) is 2.18. The number of azide groups is 1. The Labute approximate surface area is 66.2 Å². The van der Waals surface area contributed by atoms with Crippen LogP contribution in [0.25, 0.3) is 10.4 Å². The van der Waals surface area contributed by atoms with Gasteiger partial charge in [0.15, 0.2) is 0 Å². The Bertz CT molecular complexity index is 159. The lowest BCUT2D eigenvalue weighted by molar-refractivity contribution is 0.0603. The summed E-state index contributed by atoms with van der Waals surface area (Å²) >= 11 is 0. The quantitative estimate of drug-likeness (QED) is 0.342. The lowest BCUT2D eigenvalue weighted by Gasteiger charge is -2.24. The van der Waals surface area contributed by atoms with Gasteiger partial charge in [-0.15, -0.1) is 0 Å². The minimum atomic E-state index is 0.129. The van der Waals surface area contributed by atoms with Crippen LogP contribution in [-0.4, -0.2) is 19.3 Å². The standard InChI is InChI=1S/C7H13N3O/c1-6(9-10-8)7-2-4-11-5-3-7/h6-7H,2-5H2,1H3/t6-/m0/s1. The zero-order valence-electron chi connectivity index (χ0n) is 6.73. The maximum Gasteiger partial charge on any atom is 0.0468 e. The smallest absolute Gasteiger partial charge is 0.0468 e. The van der Waals surface area contributed by atoms with Gasteiger partial charge in [0, 0.05) is 24.2 Å². The van der Waals surface area contributed by atoms with Crippen molar-refractivity contribution in [2.45, 2.75) is 25.8 Å². The summed E-state index contributed by atoms with van der Waals surface area (Å²) in [6, 6.07) is 0.129. The molecule has 0 aromatic rings. The summed E-state index contributed by atoms with van der Waals surface area (Å²) in [6.45, 7) is 3.60. The van der Waals surface area contributed by atoms with Crippen molar-refractivity contribution in [1.29, 1.82) is 0 Å². The SMILES string of the molecule is C[C@H](N=[N+]=[N-])C1CCOCC1. The molecule has 0 aliphatic carbocycles. The molecule has 1 saturated heterocycles. The Morgan fingerprint density at radius 2 is 2.18 bits per heavy atom. The van der Waals surface area contributed by atoms with E-state index in [1.807, 2.05) is 6.92 Å². The number of hydrogen-bond acceptors (Lipinski definition) is 2. The monoisotopic (exact) mass is 155 g/mol. The molecule has 0 amide bonds. The summed E-state index contributed by atoms with van der Waals surface area (Å²) in [6.07, 6.45) is 2.06. The third kappa shape index (κ3) is 2.41. The summed E-state index contributed by atoms with van der Waals surface area (Å²) in [5, 5.41) is 3.67. The van der Waals surface area contributed by atoms with E-state index in [4.69, 9.17) is 10.3 Å². The highest BCUT2D eigenvalue weighted by atomic mass is 16.5. The Morgan fingerprint density at radius 3 is 2.73 bits per heavy atom. The number of ether oxygens (including phenoxy) is 1. The largest absolute Gasteiger partial charge is 0.381 e. The second kappa shape index (κ2) is 4.21. The molecule has 4 nitrogen and oxygen atoms in total. The summed E-state index contributed by atoms with van der Waals surface area (Å²) in [5.74, 6) is 0.527. The first kappa shape index (κ1) is 8.37. The highest BCUT2D eigenvalue weighted by Crippen LogP contribution is 2.20. The average Bonchev–Trinajstić information content (AvgIpc) is 2.07. The number of hydrogen-bond donors (Lipinski definition) is 0. The van der Waals surface area contributed by atoms with Crippen LogP contribution in [0, 0.1) is 5.92 Å². The van der Waals surface area contributed by atoms with Gasteiger partial charge in [0.25, 0.3) is 0 Å². The summed E-state index contributed by atoms with van der Waals surface area (Å²) < 4.78 is 5.19. The van der Waals surface area contributed by atoms with Gasteiger partial charge < -0.3 is 4.74 Å². The second-order valence-electron chi connectivity index (χ2n) is 2.90. The van der Waals surface area contributed by atoms with E-state index in [-0.39, 0.29) is 6.04 Å².